The van der Waals surface area contributed by atoms with Crippen LogP contribution in [-0.4, -0.2) is 15.0 Å². The zero-order valence-electron chi connectivity index (χ0n) is 9.58. The Morgan fingerprint density at radius 2 is 2.18 bits per heavy atom. The fourth-order valence-corrected chi connectivity index (χ4v) is 2.05. The van der Waals surface area contributed by atoms with Gasteiger partial charge in [0.05, 0.1) is 5.69 Å². The molecule has 17 heavy (non-hydrogen) atoms. The van der Waals surface area contributed by atoms with E-state index < -0.39 is 0 Å². The van der Waals surface area contributed by atoms with Crippen LogP contribution in [0.15, 0.2) is 46.8 Å². The number of nitrogens with two attached hydrogens (primary N) is 1. The van der Waals surface area contributed by atoms with Gasteiger partial charge >= 0.3 is 0 Å². The molecule has 0 spiro atoms. The molecule has 0 fully saturated rings. The second-order valence-corrected chi connectivity index (χ2v) is 4.68. The molecule has 0 radical (unpaired) electrons. The third kappa shape index (κ3) is 3.25. The molecule has 0 aliphatic rings. The van der Waals surface area contributed by atoms with Gasteiger partial charge in [0, 0.05) is 23.3 Å². The van der Waals surface area contributed by atoms with Gasteiger partial charge in [0.1, 0.15) is 11.4 Å². The molecule has 1 unspecified atom stereocenters. The van der Waals surface area contributed by atoms with Gasteiger partial charge in [0.25, 0.3) is 0 Å². The van der Waals surface area contributed by atoms with Crippen molar-refractivity contribution in [2.24, 2.45) is 5.73 Å². The lowest BCUT2D eigenvalue weighted by Gasteiger charge is -2.08. The van der Waals surface area contributed by atoms with E-state index in [0.29, 0.717) is 0 Å². The summed E-state index contributed by atoms with van der Waals surface area (Å²) in [4.78, 5) is 13.4. The Bertz CT molecular complexity index is 458. The van der Waals surface area contributed by atoms with Gasteiger partial charge in [-0.15, -0.1) is 0 Å². The molecular formula is C12H14N4S. The smallest absolute Gasteiger partial charge is 0.116 e. The monoisotopic (exact) mass is 246 g/mol. The van der Waals surface area contributed by atoms with Crippen molar-refractivity contribution >= 4 is 11.8 Å². The van der Waals surface area contributed by atoms with E-state index in [-0.39, 0.29) is 6.04 Å². The van der Waals surface area contributed by atoms with Crippen molar-refractivity contribution < 1.29 is 0 Å². The minimum Gasteiger partial charge on any atom is -0.323 e. The maximum absolute atomic E-state index is 5.91. The Balaban J connectivity index is 2.08. The van der Waals surface area contributed by atoms with Crippen molar-refractivity contribution in [3.63, 3.8) is 0 Å². The highest BCUT2D eigenvalue weighted by Gasteiger charge is 2.05. The Morgan fingerprint density at radius 3 is 2.76 bits per heavy atom. The molecule has 5 heteroatoms. The normalized spacial score (nSPS) is 12.4. The summed E-state index contributed by atoms with van der Waals surface area (Å²) in [6.45, 7) is 2.05. The molecule has 2 aromatic rings. The molecule has 0 aromatic carbocycles. The van der Waals surface area contributed by atoms with Gasteiger partial charge in [-0.05, 0) is 24.6 Å². The van der Waals surface area contributed by atoms with E-state index >= 15 is 0 Å². The number of nitrogens with zero attached hydrogens (tertiary/aromatic N) is 3. The van der Waals surface area contributed by atoms with Crippen molar-refractivity contribution in [1.82, 2.24) is 15.0 Å². The lowest BCUT2D eigenvalue weighted by Crippen LogP contribution is -2.10. The van der Waals surface area contributed by atoms with E-state index in [9.17, 15) is 0 Å². The van der Waals surface area contributed by atoms with Crippen LogP contribution in [0.5, 0.6) is 0 Å². The maximum atomic E-state index is 5.91. The van der Waals surface area contributed by atoms with Crippen molar-refractivity contribution in [2.45, 2.75) is 29.3 Å². The van der Waals surface area contributed by atoms with Crippen molar-refractivity contribution in [3.05, 3.63) is 42.6 Å². The van der Waals surface area contributed by atoms with Crippen LogP contribution in [0.2, 0.25) is 0 Å². The Kier molecular flexibility index (Phi) is 4.06. The topological polar surface area (TPSA) is 64.7 Å². The molecule has 2 aromatic heterocycles. The van der Waals surface area contributed by atoms with Crippen LogP contribution >= 0.6 is 11.8 Å². The highest BCUT2D eigenvalue weighted by Crippen LogP contribution is 2.25. The average Bonchev–Trinajstić information content (AvgIpc) is 2.40. The van der Waals surface area contributed by atoms with Gasteiger partial charge in [-0.1, -0.05) is 18.7 Å². The molecule has 0 saturated heterocycles. The highest BCUT2D eigenvalue weighted by molar-refractivity contribution is 7.99. The number of pyridine rings is 1. The lowest BCUT2D eigenvalue weighted by atomic mass is 10.1. The van der Waals surface area contributed by atoms with Crippen molar-refractivity contribution in [3.8, 4) is 0 Å². The standard InChI is InChI=1S/C12H14N4S/c1-2-10(13)11-4-3-9(7-15-11)17-12-5-6-14-8-16-12/h3-8,10H,2,13H2,1H3. The molecule has 0 aliphatic carbocycles. The van der Waals surface area contributed by atoms with E-state index in [4.69, 9.17) is 5.73 Å². The first-order valence-electron chi connectivity index (χ1n) is 5.45. The first kappa shape index (κ1) is 12.0. The summed E-state index contributed by atoms with van der Waals surface area (Å²) in [7, 11) is 0. The average molecular weight is 246 g/mol. The molecule has 2 N–H and O–H groups in total. The second-order valence-electron chi connectivity index (χ2n) is 3.58. The van der Waals surface area contributed by atoms with E-state index in [1.54, 1.807) is 18.0 Å². The maximum Gasteiger partial charge on any atom is 0.116 e. The van der Waals surface area contributed by atoms with E-state index in [2.05, 4.69) is 21.9 Å². The molecular weight excluding hydrogens is 232 g/mol. The Hall–Kier alpha value is -1.46. The van der Waals surface area contributed by atoms with Gasteiger partial charge in [-0.25, -0.2) is 9.97 Å². The minimum atomic E-state index is 0.0214. The second kappa shape index (κ2) is 5.75. The number of rotatable bonds is 4. The van der Waals surface area contributed by atoms with Crippen LogP contribution in [0, 0.1) is 0 Å². The summed E-state index contributed by atoms with van der Waals surface area (Å²) < 4.78 is 0. The third-order valence-electron chi connectivity index (χ3n) is 2.36. The molecule has 0 bridgehead atoms. The fourth-order valence-electron chi connectivity index (χ4n) is 1.34. The molecule has 2 heterocycles. The third-order valence-corrected chi connectivity index (χ3v) is 3.28. The van der Waals surface area contributed by atoms with Crippen LogP contribution in [0.25, 0.3) is 0 Å². The predicted molar refractivity (Wildman–Crippen MR) is 67.6 cm³/mol. The van der Waals surface area contributed by atoms with Crippen molar-refractivity contribution in [1.29, 1.82) is 0 Å². The molecule has 88 valence electrons. The van der Waals surface area contributed by atoms with Gasteiger partial charge in [-0.3, -0.25) is 4.98 Å². The SMILES string of the molecule is CCC(N)c1ccc(Sc2ccncn2)cn1. The summed E-state index contributed by atoms with van der Waals surface area (Å²) >= 11 is 1.56. The number of hydrogen-bond donors (Lipinski definition) is 1. The molecule has 0 saturated carbocycles. The zero-order valence-corrected chi connectivity index (χ0v) is 10.4. The van der Waals surface area contributed by atoms with Crippen LogP contribution in [0.3, 0.4) is 0 Å². The minimum absolute atomic E-state index is 0.0214. The van der Waals surface area contributed by atoms with Crippen LogP contribution in [-0.2, 0) is 0 Å². The van der Waals surface area contributed by atoms with E-state index in [1.807, 2.05) is 24.4 Å². The summed E-state index contributed by atoms with van der Waals surface area (Å²) in [5.74, 6) is 0. The molecule has 0 aliphatic heterocycles. The van der Waals surface area contributed by atoms with Crippen LogP contribution < -0.4 is 5.73 Å². The zero-order chi connectivity index (χ0) is 12.1. The molecule has 4 nitrogen and oxygen atoms in total. The van der Waals surface area contributed by atoms with Crippen LogP contribution in [0.4, 0.5) is 0 Å². The summed E-state index contributed by atoms with van der Waals surface area (Å²) in [6.07, 6.45) is 5.99. The van der Waals surface area contributed by atoms with Gasteiger partial charge in [-0.2, -0.15) is 0 Å². The largest absolute Gasteiger partial charge is 0.323 e. The summed E-state index contributed by atoms with van der Waals surface area (Å²) in [5, 5.41) is 0.911. The van der Waals surface area contributed by atoms with Crippen LogP contribution in [0.1, 0.15) is 25.1 Å². The summed E-state index contributed by atoms with van der Waals surface area (Å²) in [6, 6.07) is 5.88. The van der Waals surface area contributed by atoms with E-state index in [1.165, 1.54) is 6.33 Å². The number of aromatic nitrogens is 3. The highest BCUT2D eigenvalue weighted by atomic mass is 32.2. The molecule has 2 rings (SSSR count). The lowest BCUT2D eigenvalue weighted by molar-refractivity contribution is 0.674. The van der Waals surface area contributed by atoms with Gasteiger partial charge in [0.15, 0.2) is 0 Å². The summed E-state index contributed by atoms with van der Waals surface area (Å²) in [5.41, 5.74) is 6.84. The molecule has 0 amide bonds. The molecule has 1 atom stereocenters. The van der Waals surface area contributed by atoms with Gasteiger partial charge in [0.2, 0.25) is 0 Å². The Labute approximate surface area is 105 Å². The Morgan fingerprint density at radius 1 is 1.29 bits per heavy atom. The first-order chi connectivity index (χ1) is 8.29. The first-order valence-corrected chi connectivity index (χ1v) is 6.26. The number of hydrogen-bond acceptors (Lipinski definition) is 5. The van der Waals surface area contributed by atoms with Gasteiger partial charge < -0.3 is 5.73 Å². The predicted octanol–water partition coefficient (Wildman–Crippen LogP) is 2.43. The fraction of sp³-hybridized carbons (Fsp3) is 0.250. The van der Waals surface area contributed by atoms with Crippen molar-refractivity contribution in [2.75, 3.05) is 0 Å². The van der Waals surface area contributed by atoms with E-state index in [0.717, 1.165) is 22.0 Å². The quantitative estimate of drug-likeness (QED) is 0.839.